The molecule has 0 saturated carbocycles. The van der Waals surface area contributed by atoms with Gasteiger partial charge in [0, 0.05) is 26.4 Å². The molecule has 0 bridgehead atoms. The lowest BCUT2D eigenvalue weighted by Gasteiger charge is -2.30. The molecule has 3 rings (SSSR count). The van der Waals surface area contributed by atoms with Gasteiger partial charge < -0.3 is 20.1 Å². The summed E-state index contributed by atoms with van der Waals surface area (Å²) in [5, 5.41) is 12.9. The minimum Gasteiger partial charge on any atom is -0.444 e. The van der Waals surface area contributed by atoms with Crippen LogP contribution in [-0.2, 0) is 27.3 Å². The summed E-state index contributed by atoms with van der Waals surface area (Å²) in [6.07, 6.45) is -1.70. The normalized spacial score (nSPS) is 18.4. The van der Waals surface area contributed by atoms with Gasteiger partial charge in [-0.1, -0.05) is 48.5 Å². The van der Waals surface area contributed by atoms with E-state index in [-0.39, 0.29) is 24.9 Å². The number of carbonyl (C=O) groups is 3. The molecule has 2 N–H and O–H groups in total. The summed E-state index contributed by atoms with van der Waals surface area (Å²) in [7, 11) is 1.61. The predicted molar refractivity (Wildman–Crippen MR) is 132 cm³/mol. The van der Waals surface area contributed by atoms with Crippen LogP contribution >= 0.6 is 0 Å². The van der Waals surface area contributed by atoms with Crippen LogP contribution in [0.25, 0.3) is 0 Å². The fourth-order valence-corrected chi connectivity index (χ4v) is 4.14. The average Bonchev–Trinajstić information content (AvgIpc) is 3.21. The third kappa shape index (κ3) is 7.27. The Kier molecular flexibility index (Phi) is 8.68. The van der Waals surface area contributed by atoms with E-state index in [1.165, 1.54) is 15.9 Å². The SMILES string of the molecule is CN(Cc1ccccc1)C(=O)[C@H](Cc1ccccc1F)NC(=O)[C@@H]1C[C@@H](O)CN1C(=O)OC(C)(C)C. The molecular weight excluding hydrogens is 465 g/mol. The second-order valence-electron chi connectivity index (χ2n) is 10.1. The number of β-amino-alcohol motifs (C(OH)–C–C–N with tert-alkyl or cyclic N) is 1. The van der Waals surface area contributed by atoms with Crippen LogP contribution in [-0.4, -0.2) is 70.2 Å². The van der Waals surface area contributed by atoms with Crippen LogP contribution in [0.5, 0.6) is 0 Å². The number of ether oxygens (including phenoxy) is 1. The van der Waals surface area contributed by atoms with Gasteiger partial charge in [0.1, 0.15) is 23.5 Å². The van der Waals surface area contributed by atoms with E-state index in [2.05, 4.69) is 5.32 Å². The molecule has 194 valence electrons. The minimum atomic E-state index is -1.08. The van der Waals surface area contributed by atoms with Crippen molar-refractivity contribution in [3.8, 4) is 0 Å². The molecule has 1 aliphatic heterocycles. The summed E-state index contributed by atoms with van der Waals surface area (Å²) in [5.74, 6) is -1.50. The topological polar surface area (TPSA) is 99.2 Å². The minimum absolute atomic E-state index is 0.00550. The predicted octanol–water partition coefficient (Wildman–Crippen LogP) is 2.88. The van der Waals surface area contributed by atoms with Gasteiger partial charge in [0.25, 0.3) is 0 Å². The van der Waals surface area contributed by atoms with E-state index in [0.29, 0.717) is 6.54 Å². The van der Waals surface area contributed by atoms with E-state index in [1.807, 2.05) is 30.3 Å². The molecule has 1 saturated heterocycles. The van der Waals surface area contributed by atoms with Crippen LogP contribution in [0.15, 0.2) is 54.6 Å². The van der Waals surface area contributed by atoms with Gasteiger partial charge in [-0.2, -0.15) is 0 Å². The first-order chi connectivity index (χ1) is 16.9. The number of benzene rings is 2. The summed E-state index contributed by atoms with van der Waals surface area (Å²) in [6, 6.07) is 13.3. The van der Waals surface area contributed by atoms with E-state index in [9.17, 15) is 23.9 Å². The molecule has 3 amide bonds. The average molecular weight is 500 g/mol. The molecule has 1 aliphatic rings. The highest BCUT2D eigenvalue weighted by atomic mass is 19.1. The quantitative estimate of drug-likeness (QED) is 0.611. The number of hydrogen-bond donors (Lipinski definition) is 2. The van der Waals surface area contributed by atoms with Crippen molar-refractivity contribution in [2.45, 2.75) is 63.9 Å². The molecule has 3 atom stereocenters. The molecule has 0 aromatic heterocycles. The molecule has 1 fully saturated rings. The van der Waals surface area contributed by atoms with Crippen LogP contribution in [0.3, 0.4) is 0 Å². The van der Waals surface area contributed by atoms with Crippen LogP contribution in [0.2, 0.25) is 0 Å². The van der Waals surface area contributed by atoms with Gasteiger partial charge in [-0.3, -0.25) is 14.5 Å². The molecule has 36 heavy (non-hydrogen) atoms. The van der Waals surface area contributed by atoms with Crippen LogP contribution in [0.4, 0.5) is 9.18 Å². The maximum Gasteiger partial charge on any atom is 0.411 e. The second-order valence-corrected chi connectivity index (χ2v) is 10.1. The number of likely N-dealkylation sites (tertiary alicyclic amines) is 1. The lowest BCUT2D eigenvalue weighted by molar-refractivity contribution is -0.137. The van der Waals surface area contributed by atoms with Gasteiger partial charge in [0.05, 0.1) is 12.6 Å². The Morgan fingerprint density at radius 3 is 2.42 bits per heavy atom. The number of hydrogen-bond acceptors (Lipinski definition) is 5. The van der Waals surface area contributed by atoms with Gasteiger partial charge in [-0.15, -0.1) is 0 Å². The van der Waals surface area contributed by atoms with E-state index < -0.39 is 47.5 Å². The maximum absolute atomic E-state index is 14.4. The first-order valence-electron chi connectivity index (χ1n) is 11.9. The van der Waals surface area contributed by atoms with E-state index in [4.69, 9.17) is 4.74 Å². The smallest absolute Gasteiger partial charge is 0.411 e. The molecule has 0 spiro atoms. The Morgan fingerprint density at radius 2 is 1.78 bits per heavy atom. The molecule has 0 unspecified atom stereocenters. The molecule has 2 aromatic rings. The van der Waals surface area contributed by atoms with E-state index >= 15 is 0 Å². The Balaban J connectivity index is 1.80. The fourth-order valence-electron chi connectivity index (χ4n) is 4.14. The van der Waals surface area contributed by atoms with Crippen molar-refractivity contribution in [2.75, 3.05) is 13.6 Å². The van der Waals surface area contributed by atoms with Crippen molar-refractivity contribution >= 4 is 17.9 Å². The van der Waals surface area contributed by atoms with Crippen molar-refractivity contribution in [2.24, 2.45) is 0 Å². The molecule has 8 nitrogen and oxygen atoms in total. The highest BCUT2D eigenvalue weighted by Crippen LogP contribution is 2.22. The van der Waals surface area contributed by atoms with Gasteiger partial charge in [-0.05, 0) is 38.0 Å². The number of nitrogens with one attached hydrogen (secondary N) is 1. The Morgan fingerprint density at radius 1 is 1.14 bits per heavy atom. The first-order valence-corrected chi connectivity index (χ1v) is 11.9. The van der Waals surface area contributed by atoms with Crippen molar-refractivity contribution in [3.63, 3.8) is 0 Å². The second kappa shape index (κ2) is 11.5. The summed E-state index contributed by atoms with van der Waals surface area (Å²) in [4.78, 5) is 42.0. The molecule has 0 radical (unpaired) electrons. The summed E-state index contributed by atoms with van der Waals surface area (Å²) in [5.41, 5.74) is 0.397. The molecule has 2 aromatic carbocycles. The van der Waals surface area contributed by atoms with Gasteiger partial charge in [0.2, 0.25) is 11.8 Å². The number of carbonyl (C=O) groups excluding carboxylic acids is 3. The number of rotatable bonds is 7. The summed E-state index contributed by atoms with van der Waals surface area (Å²) >= 11 is 0. The highest BCUT2D eigenvalue weighted by Gasteiger charge is 2.42. The zero-order valence-electron chi connectivity index (χ0n) is 21.1. The van der Waals surface area contributed by atoms with Crippen LogP contribution in [0, 0.1) is 5.82 Å². The monoisotopic (exact) mass is 499 g/mol. The Labute approximate surface area is 211 Å². The lowest BCUT2D eigenvalue weighted by Crippen LogP contribution is -2.54. The zero-order valence-corrected chi connectivity index (χ0v) is 21.1. The zero-order chi connectivity index (χ0) is 26.5. The third-order valence-corrected chi connectivity index (χ3v) is 5.84. The van der Waals surface area contributed by atoms with Crippen molar-refractivity contribution < 1.29 is 28.6 Å². The Bertz CT molecular complexity index is 1070. The van der Waals surface area contributed by atoms with E-state index in [0.717, 1.165) is 5.56 Å². The van der Waals surface area contributed by atoms with Gasteiger partial charge in [-0.25, -0.2) is 9.18 Å². The van der Waals surface area contributed by atoms with Gasteiger partial charge in [0.15, 0.2) is 0 Å². The van der Waals surface area contributed by atoms with Crippen molar-refractivity contribution in [1.29, 1.82) is 0 Å². The first kappa shape index (κ1) is 27.1. The van der Waals surface area contributed by atoms with Crippen molar-refractivity contribution in [1.82, 2.24) is 15.1 Å². The largest absolute Gasteiger partial charge is 0.444 e. The molecular formula is C27H34FN3O5. The number of amides is 3. The van der Waals surface area contributed by atoms with E-state index in [1.54, 1.807) is 46.0 Å². The number of aliphatic hydroxyl groups is 1. The maximum atomic E-state index is 14.4. The van der Waals surface area contributed by atoms with Crippen molar-refractivity contribution in [3.05, 3.63) is 71.5 Å². The third-order valence-electron chi connectivity index (χ3n) is 5.84. The molecule has 0 aliphatic carbocycles. The Hall–Kier alpha value is -3.46. The number of aliphatic hydroxyl groups excluding tert-OH is 1. The highest BCUT2D eigenvalue weighted by molar-refractivity contribution is 5.91. The lowest BCUT2D eigenvalue weighted by atomic mass is 10.0. The number of likely N-dealkylation sites (N-methyl/N-ethyl adjacent to an activating group) is 1. The standard InChI is InChI=1S/C27H34FN3O5/c1-27(2,3)36-26(35)31-17-20(32)15-23(31)24(33)29-22(14-19-12-8-9-13-21(19)28)25(34)30(4)16-18-10-6-5-7-11-18/h5-13,20,22-23,32H,14-17H2,1-4H3,(H,29,33)/t20-,22+,23+/m1/s1. The number of halogens is 1. The summed E-state index contributed by atoms with van der Waals surface area (Å²) < 4.78 is 19.8. The van der Waals surface area contributed by atoms with Crippen LogP contribution < -0.4 is 5.32 Å². The molecule has 9 heteroatoms. The number of nitrogens with zero attached hydrogens (tertiary/aromatic N) is 2. The van der Waals surface area contributed by atoms with Crippen LogP contribution in [0.1, 0.15) is 38.3 Å². The molecule has 1 heterocycles. The fraction of sp³-hybridized carbons (Fsp3) is 0.444. The summed E-state index contributed by atoms with van der Waals surface area (Å²) in [6.45, 7) is 5.36. The van der Waals surface area contributed by atoms with Gasteiger partial charge >= 0.3 is 6.09 Å².